The van der Waals surface area contributed by atoms with Crippen LogP contribution in [0.3, 0.4) is 0 Å². The van der Waals surface area contributed by atoms with Gasteiger partial charge in [0.2, 0.25) is 0 Å². The Hall–Kier alpha value is -12.3. The van der Waals surface area contributed by atoms with Crippen molar-refractivity contribution in [1.29, 1.82) is 0 Å². The van der Waals surface area contributed by atoms with Crippen LogP contribution in [0.1, 0.15) is 165 Å². The van der Waals surface area contributed by atoms with Crippen LogP contribution in [0.2, 0.25) is 0 Å². The summed E-state index contributed by atoms with van der Waals surface area (Å²) in [4.78, 5) is 40.2. The maximum Gasteiger partial charge on any atom is 0.0777 e. The third kappa shape index (κ3) is 17.2. The molecule has 138 heavy (non-hydrogen) atoms. The number of pyridine rings is 8. The van der Waals surface area contributed by atoms with Gasteiger partial charge in [-0.3, -0.25) is 19.9 Å². The van der Waals surface area contributed by atoms with Crippen molar-refractivity contribution in [2.45, 2.75) is 162 Å². The van der Waals surface area contributed by atoms with Crippen LogP contribution in [-0.4, -0.2) is 57.5 Å². The predicted octanol–water partition coefficient (Wildman–Crippen LogP) is 31.2. The molecule has 12 heterocycles. The van der Waals surface area contributed by atoms with Gasteiger partial charge >= 0.3 is 0 Å². The molecule has 0 bridgehead atoms. The molecular formula is C122H108Ir4N12-4. The summed E-state index contributed by atoms with van der Waals surface area (Å²) in [7, 11) is 0. The van der Waals surface area contributed by atoms with Crippen molar-refractivity contribution in [3.8, 4) is 44.6 Å². The van der Waals surface area contributed by atoms with Crippen molar-refractivity contribution in [2.24, 2.45) is 11.8 Å². The van der Waals surface area contributed by atoms with E-state index in [0.717, 1.165) is 184 Å². The average Bonchev–Trinajstić information content (AvgIpc) is 1.53. The fraction of sp³-hybridized carbons (Fsp3) is 0.213. The van der Waals surface area contributed by atoms with E-state index in [1.54, 1.807) is 0 Å². The van der Waals surface area contributed by atoms with Crippen molar-refractivity contribution in [3.05, 3.63) is 357 Å². The van der Waals surface area contributed by atoms with Gasteiger partial charge in [-0.1, -0.05) is 280 Å². The molecule has 12 aromatic carbocycles. The normalized spacial score (nSPS) is 11.7. The van der Waals surface area contributed by atoms with Gasteiger partial charge in [-0.05, 0) is 312 Å². The second-order valence-corrected chi connectivity index (χ2v) is 38.7. The predicted molar refractivity (Wildman–Crippen MR) is 561 cm³/mol. The number of nitrogens with zero attached hydrogens (tertiary/aromatic N) is 12. The van der Waals surface area contributed by atoms with E-state index in [4.69, 9.17) is 39.9 Å². The maximum absolute atomic E-state index is 5.21. The number of fused-ring (bicyclic) bond motifs is 32. The number of aryl methyl sites for hydroxylation is 9. The third-order valence-corrected chi connectivity index (χ3v) is 27.1. The number of rotatable bonds is 11. The molecule has 0 aliphatic carbocycles. The summed E-state index contributed by atoms with van der Waals surface area (Å²) in [5.74, 6) is 2.53. The van der Waals surface area contributed by atoms with Gasteiger partial charge < -0.3 is 37.5 Å². The Bertz CT molecular complexity index is 8870. The zero-order valence-corrected chi connectivity index (χ0v) is 90.8. The van der Waals surface area contributed by atoms with E-state index < -0.39 is 0 Å². The largest absolute Gasteiger partial charge is 0.348 e. The fourth-order valence-corrected chi connectivity index (χ4v) is 20.9. The first-order valence-corrected chi connectivity index (χ1v) is 47.3. The minimum Gasteiger partial charge on any atom is -0.348 e. The second-order valence-electron chi connectivity index (χ2n) is 38.7. The molecule has 24 rings (SSSR count). The molecule has 0 saturated carbocycles. The van der Waals surface area contributed by atoms with Crippen LogP contribution in [0.4, 0.5) is 0 Å². The van der Waals surface area contributed by atoms with Gasteiger partial charge in [0.25, 0.3) is 0 Å². The number of hydrogen-bond acceptors (Lipinski definition) is 8. The minimum atomic E-state index is 0. The van der Waals surface area contributed by atoms with Crippen LogP contribution in [0.25, 0.3) is 199 Å². The number of aromatic nitrogens is 12. The molecule has 24 aromatic rings. The summed E-state index contributed by atoms with van der Waals surface area (Å²) in [5, 5.41) is 8.38. The SMILES string of the molecule is Cc1c[c-]c2c(n1)c1cc(-c3c(C(C)C)cc(C(C)C)cc3C(C)C)ccc1n1c3ccccc3nc21.Cc1c[c-]c2c(n1)c1cc(-c3c(C)cccc3C)ccc1n1c3cc(CC(C)C)c(CC(C)C)cc3nc21.Cc1c[c-]c2c(n1)c1ccc(-c3c(C)cccc3C)cc1n1c3ccccc3nc21.Cc1cccc(C)c1-c1c[c-]c2c(n1)c1ccccc1n1c3ccccc3nc21.[Ir].[Ir].[Ir].[Ir]. The summed E-state index contributed by atoms with van der Waals surface area (Å²) in [6.45, 7) is 42.1. The van der Waals surface area contributed by atoms with Crippen LogP contribution in [0, 0.1) is 98.4 Å². The Morgan fingerprint density at radius 2 is 0.587 bits per heavy atom. The van der Waals surface area contributed by atoms with E-state index in [9.17, 15) is 0 Å². The molecule has 0 aliphatic heterocycles. The van der Waals surface area contributed by atoms with Crippen molar-refractivity contribution in [2.75, 3.05) is 0 Å². The van der Waals surface area contributed by atoms with Gasteiger partial charge in [-0.15, -0.1) is 48.5 Å². The van der Waals surface area contributed by atoms with Gasteiger partial charge in [0.15, 0.2) is 0 Å². The molecule has 12 nitrogen and oxygen atoms in total. The van der Waals surface area contributed by atoms with Gasteiger partial charge in [0.05, 0.1) is 66.7 Å². The van der Waals surface area contributed by atoms with E-state index in [1.165, 1.54) is 106 Å². The van der Waals surface area contributed by atoms with E-state index in [0.29, 0.717) is 29.6 Å². The average molecular weight is 2510 g/mol. The first-order chi connectivity index (χ1) is 64.8. The van der Waals surface area contributed by atoms with E-state index in [-0.39, 0.29) is 80.4 Å². The molecule has 4 radical (unpaired) electrons. The third-order valence-electron chi connectivity index (χ3n) is 27.1. The van der Waals surface area contributed by atoms with Crippen molar-refractivity contribution < 1.29 is 80.4 Å². The molecule has 0 amide bonds. The van der Waals surface area contributed by atoms with Crippen molar-refractivity contribution in [1.82, 2.24) is 57.5 Å². The summed E-state index contributed by atoms with van der Waals surface area (Å²) in [5.41, 5.74) is 47.9. The first kappa shape index (κ1) is 97.4. The molecule has 0 aliphatic rings. The molecular weight excluding hydrogens is 2400 g/mol. The summed E-state index contributed by atoms with van der Waals surface area (Å²) in [6.07, 6.45) is 2.14. The van der Waals surface area contributed by atoms with Gasteiger partial charge in [0, 0.05) is 102 Å². The smallest absolute Gasteiger partial charge is 0.0777 e. The Morgan fingerprint density at radius 1 is 0.254 bits per heavy atom. The molecule has 0 saturated heterocycles. The zero-order chi connectivity index (χ0) is 92.7. The Labute approximate surface area is 860 Å². The van der Waals surface area contributed by atoms with E-state index in [2.05, 4.69) is 365 Å². The minimum absolute atomic E-state index is 0. The Kier molecular flexibility index (Phi) is 27.6. The standard InChI is InChI=1S/C35H36N3.C34H34N3.C27H20N3.C26H18N3.4Ir/c1-20(2)15-26-18-30-32(19-27(26)16-21(3)4)38-31-14-12-25(33-22(5)9-8-10-23(33)6)17-29(31)34-28(35(38)37-30)13-11-24(7)36-34;1-19(2)24-17-26(20(3)4)32(27(18-24)21(5)6)23-13-15-30-28(16-23)33-25(14-12-22(7)35-33)34-36-29-10-8-9-11-31(29)37(30)34;1-16-7-6-8-17(2)25(16)19-12-14-20-24(15-19)30-23-10-5-4-9-22(23)29-27(30)21-13-11-18(3)28-26(20)21;1-16-8-7-9-17(2)24(16)21-15-14-19-25(27-21)18-10-3-5-12-22(18)29-23-13-6-4-11-20(23)28-26(19)29;;;;/h8-12,14,17-21H,15-16H2,1-7H3;8-13,15-21H,1-7H3;4-12,14-15H,1-3H3;3-13,15H,1-2H3;;;;/q4*-1;;;;. The van der Waals surface area contributed by atoms with Gasteiger partial charge in [0.1, 0.15) is 0 Å². The molecule has 0 N–H and O–H groups in total. The number of imidazole rings is 4. The molecule has 696 valence electrons. The molecule has 0 unspecified atom stereocenters. The molecule has 16 heteroatoms. The van der Waals surface area contributed by atoms with Crippen LogP contribution < -0.4 is 0 Å². The zero-order valence-electron chi connectivity index (χ0n) is 81.2. The van der Waals surface area contributed by atoms with E-state index >= 15 is 0 Å². The van der Waals surface area contributed by atoms with Crippen LogP contribution in [0.15, 0.2) is 255 Å². The quantitative estimate of drug-likeness (QED) is 0.0927. The molecule has 0 atom stereocenters. The van der Waals surface area contributed by atoms with Crippen molar-refractivity contribution >= 4 is 154 Å². The monoisotopic (exact) mass is 2510 g/mol. The fourth-order valence-electron chi connectivity index (χ4n) is 20.9. The summed E-state index contributed by atoms with van der Waals surface area (Å²) >= 11 is 0. The van der Waals surface area contributed by atoms with Gasteiger partial charge in [-0.2, -0.15) is 0 Å². The Morgan fingerprint density at radius 3 is 1.01 bits per heavy atom. The summed E-state index contributed by atoms with van der Waals surface area (Å²) in [6, 6.07) is 105. The van der Waals surface area contributed by atoms with Gasteiger partial charge in [-0.25, -0.2) is 0 Å². The van der Waals surface area contributed by atoms with E-state index in [1.807, 2.05) is 63.2 Å². The van der Waals surface area contributed by atoms with Crippen LogP contribution >= 0.6 is 0 Å². The maximum atomic E-state index is 5.21. The number of para-hydroxylation sites is 7. The van der Waals surface area contributed by atoms with Crippen LogP contribution in [0.5, 0.6) is 0 Å². The first-order valence-electron chi connectivity index (χ1n) is 47.3. The topological polar surface area (TPSA) is 121 Å². The van der Waals surface area contributed by atoms with Crippen LogP contribution in [-0.2, 0) is 93.3 Å². The Balaban J connectivity index is 0.000000127. The second kappa shape index (κ2) is 39.2. The van der Waals surface area contributed by atoms with Crippen molar-refractivity contribution in [3.63, 3.8) is 0 Å². The molecule has 0 fully saturated rings. The molecule has 0 spiro atoms. The number of hydrogen-bond donors (Lipinski definition) is 0. The molecule has 12 aromatic heterocycles. The summed E-state index contributed by atoms with van der Waals surface area (Å²) < 4.78 is 9.11. The number of benzene rings is 12.